The van der Waals surface area contributed by atoms with E-state index in [0.717, 1.165) is 0 Å². The highest BCUT2D eigenvalue weighted by Gasteiger charge is 2.17. The maximum atomic E-state index is 11.8. The van der Waals surface area contributed by atoms with Crippen molar-refractivity contribution in [3.8, 4) is 0 Å². The molecule has 0 saturated carbocycles. The summed E-state index contributed by atoms with van der Waals surface area (Å²) in [5.41, 5.74) is 0. The quantitative estimate of drug-likeness (QED) is 0.714. The number of aliphatic hydroxyl groups excluding tert-OH is 1. The first-order valence-electron chi connectivity index (χ1n) is 5.79. The third kappa shape index (κ3) is 6.08. The summed E-state index contributed by atoms with van der Waals surface area (Å²) < 4.78 is 4.82. The average Bonchev–Trinajstić information content (AvgIpc) is 2.17. The molecule has 0 fully saturated rings. The van der Waals surface area contributed by atoms with Gasteiger partial charge < -0.3 is 14.7 Å². The Labute approximate surface area is 98.6 Å². The first kappa shape index (κ1) is 15.4. The van der Waals surface area contributed by atoms with Gasteiger partial charge in [0.25, 0.3) is 0 Å². The zero-order chi connectivity index (χ0) is 12.7. The summed E-state index contributed by atoms with van der Waals surface area (Å²) in [5, 5.41) is 9.49. The molecule has 0 radical (unpaired) electrons. The van der Waals surface area contributed by atoms with Gasteiger partial charge in [-0.05, 0) is 11.8 Å². The van der Waals surface area contributed by atoms with Crippen LogP contribution in [0.25, 0.3) is 0 Å². The predicted molar refractivity (Wildman–Crippen MR) is 64.1 cm³/mol. The first-order chi connectivity index (χ1) is 7.38. The molecule has 16 heavy (non-hydrogen) atoms. The van der Waals surface area contributed by atoms with Crippen LogP contribution < -0.4 is 0 Å². The zero-order valence-corrected chi connectivity index (χ0v) is 11.1. The molecule has 0 aliphatic rings. The smallest absolute Gasteiger partial charge is 0.222 e. The Morgan fingerprint density at radius 3 is 2.38 bits per heavy atom. The number of rotatable bonds is 7. The fourth-order valence-electron chi connectivity index (χ4n) is 1.33. The number of hydrogen-bond donors (Lipinski definition) is 1. The molecule has 96 valence electrons. The topological polar surface area (TPSA) is 49.8 Å². The van der Waals surface area contributed by atoms with Crippen molar-refractivity contribution >= 4 is 5.91 Å². The minimum absolute atomic E-state index is 0.0800. The Balaban J connectivity index is 3.99. The number of likely N-dealkylation sites (N-methyl/N-ethyl adjacent to an activating group) is 1. The van der Waals surface area contributed by atoms with Crippen LogP contribution in [0.1, 0.15) is 27.2 Å². The van der Waals surface area contributed by atoms with E-state index in [0.29, 0.717) is 24.8 Å². The van der Waals surface area contributed by atoms with Crippen molar-refractivity contribution in [2.75, 3.05) is 27.3 Å². The molecule has 0 aromatic rings. The van der Waals surface area contributed by atoms with Crippen LogP contribution in [0.5, 0.6) is 0 Å². The third-order valence-corrected chi connectivity index (χ3v) is 2.90. The summed E-state index contributed by atoms with van der Waals surface area (Å²) in [7, 11) is 3.25. The van der Waals surface area contributed by atoms with Crippen LogP contribution in [0.2, 0.25) is 0 Å². The summed E-state index contributed by atoms with van der Waals surface area (Å²) in [5.74, 6) is 0.951. The van der Waals surface area contributed by atoms with E-state index in [1.165, 1.54) is 7.11 Å². The minimum atomic E-state index is -0.603. The molecule has 0 aromatic heterocycles. The molecule has 4 nitrogen and oxygen atoms in total. The standard InChI is InChI=1S/C12H25NO3/c1-9(2)10(3)6-12(15)13(4)7-11(14)8-16-5/h9-11,14H,6-8H2,1-5H3. The number of carbonyl (C=O) groups excluding carboxylic acids is 1. The summed E-state index contributed by atoms with van der Waals surface area (Å²) in [6.45, 7) is 6.88. The Hall–Kier alpha value is -0.610. The molecular weight excluding hydrogens is 206 g/mol. The highest BCUT2D eigenvalue weighted by Crippen LogP contribution is 2.14. The largest absolute Gasteiger partial charge is 0.389 e. The van der Waals surface area contributed by atoms with Gasteiger partial charge in [0.05, 0.1) is 12.7 Å². The molecule has 2 atom stereocenters. The maximum absolute atomic E-state index is 11.8. The lowest BCUT2D eigenvalue weighted by Gasteiger charge is -2.23. The van der Waals surface area contributed by atoms with E-state index < -0.39 is 6.10 Å². The fourth-order valence-corrected chi connectivity index (χ4v) is 1.33. The van der Waals surface area contributed by atoms with Crippen LogP contribution in [-0.4, -0.2) is 49.3 Å². The van der Waals surface area contributed by atoms with Gasteiger partial charge in [0.2, 0.25) is 5.91 Å². The normalized spacial score (nSPS) is 14.9. The van der Waals surface area contributed by atoms with Crippen molar-refractivity contribution < 1.29 is 14.6 Å². The van der Waals surface area contributed by atoms with E-state index in [4.69, 9.17) is 4.74 Å². The number of aliphatic hydroxyl groups is 1. The molecular formula is C12H25NO3. The number of ether oxygens (including phenoxy) is 1. The van der Waals surface area contributed by atoms with Crippen molar-refractivity contribution in [3.05, 3.63) is 0 Å². The molecule has 0 rings (SSSR count). The molecule has 0 spiro atoms. The van der Waals surface area contributed by atoms with Crippen molar-refractivity contribution in [1.82, 2.24) is 4.90 Å². The molecule has 0 saturated heterocycles. The molecule has 2 unspecified atom stereocenters. The van der Waals surface area contributed by atoms with Crippen molar-refractivity contribution in [2.24, 2.45) is 11.8 Å². The molecule has 4 heteroatoms. The summed E-state index contributed by atoms with van der Waals surface area (Å²) >= 11 is 0. The number of carbonyl (C=O) groups is 1. The van der Waals surface area contributed by atoms with Gasteiger partial charge >= 0.3 is 0 Å². The highest BCUT2D eigenvalue weighted by atomic mass is 16.5. The van der Waals surface area contributed by atoms with E-state index in [1.54, 1.807) is 11.9 Å². The average molecular weight is 231 g/mol. The van der Waals surface area contributed by atoms with E-state index in [-0.39, 0.29) is 12.5 Å². The molecule has 1 amide bonds. The Bertz CT molecular complexity index is 206. The zero-order valence-electron chi connectivity index (χ0n) is 11.1. The van der Waals surface area contributed by atoms with Gasteiger partial charge in [0.1, 0.15) is 0 Å². The van der Waals surface area contributed by atoms with E-state index >= 15 is 0 Å². The number of hydrogen-bond acceptors (Lipinski definition) is 3. The van der Waals surface area contributed by atoms with Crippen molar-refractivity contribution in [2.45, 2.75) is 33.3 Å². The number of amides is 1. The molecule has 0 bridgehead atoms. The van der Waals surface area contributed by atoms with Crippen molar-refractivity contribution in [3.63, 3.8) is 0 Å². The molecule has 0 aliphatic heterocycles. The van der Waals surface area contributed by atoms with Crippen LogP contribution in [0.4, 0.5) is 0 Å². The first-order valence-corrected chi connectivity index (χ1v) is 5.79. The maximum Gasteiger partial charge on any atom is 0.222 e. The fraction of sp³-hybridized carbons (Fsp3) is 0.917. The van der Waals surface area contributed by atoms with Gasteiger partial charge in [0.15, 0.2) is 0 Å². The van der Waals surface area contributed by atoms with E-state index in [9.17, 15) is 9.90 Å². The van der Waals surface area contributed by atoms with Crippen LogP contribution in [0.15, 0.2) is 0 Å². The molecule has 0 aliphatic carbocycles. The lowest BCUT2D eigenvalue weighted by molar-refractivity contribution is -0.132. The lowest BCUT2D eigenvalue weighted by Crippen LogP contribution is -2.37. The second-order valence-electron chi connectivity index (χ2n) is 4.81. The van der Waals surface area contributed by atoms with E-state index in [1.807, 2.05) is 0 Å². The lowest BCUT2D eigenvalue weighted by atomic mass is 9.94. The second-order valence-corrected chi connectivity index (χ2v) is 4.81. The van der Waals surface area contributed by atoms with Crippen LogP contribution in [0.3, 0.4) is 0 Å². The van der Waals surface area contributed by atoms with Gasteiger partial charge in [-0.25, -0.2) is 0 Å². The Morgan fingerprint density at radius 2 is 1.94 bits per heavy atom. The van der Waals surface area contributed by atoms with Gasteiger partial charge in [0, 0.05) is 27.1 Å². The second kappa shape index (κ2) is 7.63. The SMILES string of the molecule is COCC(O)CN(C)C(=O)CC(C)C(C)C. The van der Waals surface area contributed by atoms with Crippen LogP contribution in [0, 0.1) is 11.8 Å². The molecule has 0 aromatic carbocycles. The van der Waals surface area contributed by atoms with E-state index in [2.05, 4.69) is 20.8 Å². The predicted octanol–water partition coefficient (Wildman–Crippen LogP) is 1.13. The van der Waals surface area contributed by atoms with Crippen LogP contribution >= 0.6 is 0 Å². The number of methoxy groups -OCH3 is 1. The van der Waals surface area contributed by atoms with Gasteiger partial charge in [-0.1, -0.05) is 20.8 Å². The van der Waals surface area contributed by atoms with Crippen LogP contribution in [-0.2, 0) is 9.53 Å². The van der Waals surface area contributed by atoms with Crippen molar-refractivity contribution in [1.29, 1.82) is 0 Å². The minimum Gasteiger partial charge on any atom is -0.389 e. The molecule has 0 heterocycles. The highest BCUT2D eigenvalue weighted by molar-refractivity contribution is 5.76. The number of nitrogens with zero attached hydrogens (tertiary/aromatic N) is 1. The Morgan fingerprint density at radius 1 is 1.38 bits per heavy atom. The van der Waals surface area contributed by atoms with Gasteiger partial charge in [-0.15, -0.1) is 0 Å². The summed E-state index contributed by atoms with van der Waals surface area (Å²) in [4.78, 5) is 13.3. The summed E-state index contributed by atoms with van der Waals surface area (Å²) in [6, 6.07) is 0. The summed E-state index contributed by atoms with van der Waals surface area (Å²) in [6.07, 6.45) is -0.0678. The van der Waals surface area contributed by atoms with Gasteiger partial charge in [-0.3, -0.25) is 4.79 Å². The Kier molecular flexibility index (Phi) is 7.34. The monoisotopic (exact) mass is 231 g/mol. The van der Waals surface area contributed by atoms with Gasteiger partial charge in [-0.2, -0.15) is 0 Å². The third-order valence-electron chi connectivity index (χ3n) is 2.90. The molecule has 1 N–H and O–H groups in total.